The van der Waals surface area contributed by atoms with Gasteiger partial charge in [-0.1, -0.05) is 34.0 Å². The van der Waals surface area contributed by atoms with Gasteiger partial charge >= 0.3 is 0 Å². The summed E-state index contributed by atoms with van der Waals surface area (Å²) in [4.78, 5) is 2.48. The van der Waals surface area contributed by atoms with Crippen LogP contribution < -0.4 is 4.90 Å². The average molecular weight is 317 g/mol. The van der Waals surface area contributed by atoms with E-state index in [1.165, 1.54) is 37.1 Å². The van der Waals surface area contributed by atoms with E-state index in [4.69, 9.17) is 11.6 Å². The Kier molecular flexibility index (Phi) is 4.75. The van der Waals surface area contributed by atoms with Crippen molar-refractivity contribution >= 4 is 33.2 Å². The van der Waals surface area contributed by atoms with E-state index in [-0.39, 0.29) is 0 Å². The summed E-state index contributed by atoms with van der Waals surface area (Å²) in [5.41, 5.74) is 2.62. The molecule has 0 bridgehead atoms. The van der Waals surface area contributed by atoms with Crippen LogP contribution in [0.4, 0.5) is 5.69 Å². The molecule has 2 rings (SSSR count). The molecule has 1 nitrogen and oxygen atoms in total. The van der Waals surface area contributed by atoms with Crippen molar-refractivity contribution in [3.05, 3.63) is 28.8 Å². The van der Waals surface area contributed by atoms with Crippen LogP contribution in [0.5, 0.6) is 0 Å². The average Bonchev–Trinajstić information content (AvgIpc) is 2.29. The molecule has 94 valence electrons. The molecule has 0 saturated heterocycles. The number of halogens is 2. The van der Waals surface area contributed by atoms with Crippen LogP contribution in [0.25, 0.3) is 0 Å². The fourth-order valence-electron chi connectivity index (χ4n) is 2.35. The number of hydrogen-bond acceptors (Lipinski definition) is 1. The molecule has 0 spiro atoms. The highest BCUT2D eigenvalue weighted by molar-refractivity contribution is 9.08. The van der Waals surface area contributed by atoms with Gasteiger partial charge in [-0.3, -0.25) is 0 Å². The number of nitrogens with zero attached hydrogens (tertiary/aromatic N) is 1. The number of rotatable bonds is 5. The van der Waals surface area contributed by atoms with Crippen molar-refractivity contribution in [3.63, 3.8) is 0 Å². The Balaban J connectivity index is 2.16. The van der Waals surface area contributed by atoms with Gasteiger partial charge < -0.3 is 4.90 Å². The van der Waals surface area contributed by atoms with Crippen molar-refractivity contribution in [2.45, 2.75) is 31.5 Å². The molecule has 3 heteroatoms. The SMILES string of the molecule is CCN(CC1CCC1)c1ccc(Cl)cc1CBr. The highest BCUT2D eigenvalue weighted by Gasteiger charge is 2.21. The zero-order valence-electron chi connectivity index (χ0n) is 10.3. The molecule has 0 unspecified atom stereocenters. The van der Waals surface area contributed by atoms with Gasteiger partial charge in [0.1, 0.15) is 0 Å². The highest BCUT2D eigenvalue weighted by Crippen LogP contribution is 2.31. The summed E-state index contributed by atoms with van der Waals surface area (Å²) in [6.07, 6.45) is 4.20. The van der Waals surface area contributed by atoms with Crippen molar-refractivity contribution in [2.75, 3.05) is 18.0 Å². The van der Waals surface area contributed by atoms with E-state index in [2.05, 4.69) is 39.9 Å². The monoisotopic (exact) mass is 315 g/mol. The normalized spacial score (nSPS) is 15.7. The standard InChI is InChI=1S/C14H19BrClN/c1-2-17(10-11-4-3-5-11)14-7-6-13(16)8-12(14)9-15/h6-8,11H,2-5,9-10H2,1H3. The summed E-state index contributed by atoms with van der Waals surface area (Å²) in [5, 5.41) is 1.69. The van der Waals surface area contributed by atoms with Crippen LogP contribution in [-0.2, 0) is 5.33 Å². The van der Waals surface area contributed by atoms with Crippen molar-refractivity contribution < 1.29 is 0 Å². The van der Waals surface area contributed by atoms with E-state index in [1.807, 2.05) is 6.07 Å². The second-order valence-electron chi connectivity index (χ2n) is 4.74. The van der Waals surface area contributed by atoms with Gasteiger partial charge in [-0.2, -0.15) is 0 Å². The predicted octanol–water partition coefficient (Wildman–Crippen LogP) is 4.86. The van der Waals surface area contributed by atoms with Gasteiger partial charge in [0.2, 0.25) is 0 Å². The van der Waals surface area contributed by atoms with E-state index < -0.39 is 0 Å². The smallest absolute Gasteiger partial charge is 0.0410 e. The lowest BCUT2D eigenvalue weighted by Gasteiger charge is -2.34. The van der Waals surface area contributed by atoms with E-state index in [0.717, 1.165) is 22.8 Å². The van der Waals surface area contributed by atoms with E-state index in [9.17, 15) is 0 Å². The van der Waals surface area contributed by atoms with Crippen LogP contribution in [0.3, 0.4) is 0 Å². The first-order valence-electron chi connectivity index (χ1n) is 6.34. The minimum Gasteiger partial charge on any atom is -0.371 e. The van der Waals surface area contributed by atoms with Crippen LogP contribution in [-0.4, -0.2) is 13.1 Å². The third-order valence-electron chi connectivity index (χ3n) is 3.61. The van der Waals surface area contributed by atoms with E-state index >= 15 is 0 Å². The molecule has 1 aliphatic rings. The van der Waals surface area contributed by atoms with Gasteiger partial charge in [0, 0.05) is 29.1 Å². The number of alkyl halides is 1. The Morgan fingerprint density at radius 3 is 2.71 bits per heavy atom. The molecule has 1 aliphatic carbocycles. The quantitative estimate of drug-likeness (QED) is 0.701. The molecule has 0 aromatic heterocycles. The Morgan fingerprint density at radius 2 is 2.18 bits per heavy atom. The number of benzene rings is 1. The summed E-state index contributed by atoms with van der Waals surface area (Å²) in [7, 11) is 0. The van der Waals surface area contributed by atoms with Gasteiger partial charge in [-0.25, -0.2) is 0 Å². The zero-order valence-corrected chi connectivity index (χ0v) is 12.6. The Labute approximate surface area is 117 Å². The van der Waals surface area contributed by atoms with Gasteiger partial charge in [-0.05, 0) is 49.4 Å². The van der Waals surface area contributed by atoms with Crippen molar-refractivity contribution in [3.8, 4) is 0 Å². The first-order valence-corrected chi connectivity index (χ1v) is 7.84. The molecule has 1 aromatic carbocycles. The molecule has 0 amide bonds. The fraction of sp³-hybridized carbons (Fsp3) is 0.571. The van der Waals surface area contributed by atoms with Gasteiger partial charge in [0.05, 0.1) is 0 Å². The lowest BCUT2D eigenvalue weighted by atomic mass is 9.85. The Bertz CT molecular complexity index is 376. The lowest BCUT2D eigenvalue weighted by Crippen LogP contribution is -2.32. The third-order valence-corrected chi connectivity index (χ3v) is 4.45. The van der Waals surface area contributed by atoms with E-state index in [1.54, 1.807) is 0 Å². The summed E-state index contributed by atoms with van der Waals surface area (Å²) in [6.45, 7) is 4.49. The largest absolute Gasteiger partial charge is 0.371 e. The van der Waals surface area contributed by atoms with Crippen molar-refractivity contribution in [2.24, 2.45) is 5.92 Å². The van der Waals surface area contributed by atoms with Crippen molar-refractivity contribution in [1.82, 2.24) is 0 Å². The first kappa shape index (κ1) is 13.2. The minimum atomic E-state index is 0.822. The number of hydrogen-bond donors (Lipinski definition) is 0. The number of anilines is 1. The van der Waals surface area contributed by atoms with Gasteiger partial charge in [0.25, 0.3) is 0 Å². The maximum Gasteiger partial charge on any atom is 0.0410 e. The Hall–Kier alpha value is -0.210. The molecule has 1 fully saturated rings. The molecule has 0 heterocycles. The molecule has 0 aliphatic heterocycles. The second kappa shape index (κ2) is 6.10. The van der Waals surface area contributed by atoms with E-state index in [0.29, 0.717) is 0 Å². The topological polar surface area (TPSA) is 3.24 Å². The highest BCUT2D eigenvalue weighted by atomic mass is 79.9. The van der Waals surface area contributed by atoms with Gasteiger partial charge in [0.15, 0.2) is 0 Å². The lowest BCUT2D eigenvalue weighted by molar-refractivity contribution is 0.318. The summed E-state index contributed by atoms with van der Waals surface area (Å²) < 4.78 is 0. The molecular weight excluding hydrogens is 298 g/mol. The summed E-state index contributed by atoms with van der Waals surface area (Å²) in [5.74, 6) is 0.897. The van der Waals surface area contributed by atoms with Crippen LogP contribution in [0.2, 0.25) is 5.02 Å². The van der Waals surface area contributed by atoms with Crippen LogP contribution in [0.15, 0.2) is 18.2 Å². The predicted molar refractivity (Wildman–Crippen MR) is 79.3 cm³/mol. The third kappa shape index (κ3) is 3.17. The van der Waals surface area contributed by atoms with Gasteiger partial charge in [-0.15, -0.1) is 0 Å². The maximum atomic E-state index is 6.05. The van der Waals surface area contributed by atoms with Crippen LogP contribution in [0.1, 0.15) is 31.7 Å². The minimum absolute atomic E-state index is 0.822. The Morgan fingerprint density at radius 1 is 1.41 bits per heavy atom. The molecule has 0 N–H and O–H groups in total. The second-order valence-corrected chi connectivity index (χ2v) is 5.74. The summed E-state index contributed by atoms with van der Waals surface area (Å²) >= 11 is 9.60. The zero-order chi connectivity index (χ0) is 12.3. The fourth-order valence-corrected chi connectivity index (χ4v) is 3.00. The first-order chi connectivity index (χ1) is 8.24. The molecule has 17 heavy (non-hydrogen) atoms. The molecule has 0 atom stereocenters. The van der Waals surface area contributed by atoms with Crippen LogP contribution in [0, 0.1) is 5.92 Å². The van der Waals surface area contributed by atoms with Crippen LogP contribution >= 0.6 is 27.5 Å². The molecular formula is C14H19BrClN. The van der Waals surface area contributed by atoms with Crippen molar-refractivity contribution in [1.29, 1.82) is 0 Å². The summed E-state index contributed by atoms with van der Waals surface area (Å²) in [6, 6.07) is 6.21. The maximum absolute atomic E-state index is 6.05. The molecule has 1 aromatic rings. The molecule has 0 radical (unpaired) electrons. The molecule has 1 saturated carbocycles.